The van der Waals surface area contributed by atoms with Gasteiger partial charge in [-0.05, 0) is 46.5 Å². The Morgan fingerprint density at radius 1 is 1.30 bits per heavy atom. The van der Waals surface area contributed by atoms with Crippen LogP contribution in [0, 0.1) is 0 Å². The molecule has 0 aliphatic heterocycles. The largest absolute Gasteiger partial charge is 0.326 e. The highest BCUT2D eigenvalue weighted by molar-refractivity contribution is 9.10. The molecule has 0 unspecified atom stereocenters. The van der Waals surface area contributed by atoms with Gasteiger partial charge in [0.05, 0.1) is 4.90 Å². The third-order valence-electron chi connectivity index (χ3n) is 3.98. The molecule has 0 radical (unpaired) electrons. The lowest BCUT2D eigenvalue weighted by molar-refractivity contribution is 0.285. The Morgan fingerprint density at radius 3 is 2.50 bits per heavy atom. The zero-order valence-electron chi connectivity index (χ0n) is 11.7. The second kappa shape index (κ2) is 6.56. The van der Waals surface area contributed by atoms with Crippen molar-refractivity contribution in [3.05, 3.63) is 28.2 Å². The van der Waals surface area contributed by atoms with E-state index in [0.717, 1.165) is 31.2 Å². The summed E-state index contributed by atoms with van der Waals surface area (Å²) in [5, 5.41) is 0. The molecule has 0 saturated heterocycles. The lowest BCUT2D eigenvalue weighted by atomic mass is 9.96. The second-order valence-electron chi connectivity index (χ2n) is 5.28. The van der Waals surface area contributed by atoms with Crippen LogP contribution in [0.1, 0.15) is 37.7 Å². The molecule has 1 aromatic rings. The smallest absolute Gasteiger partial charge is 0.244 e. The summed E-state index contributed by atoms with van der Waals surface area (Å²) < 4.78 is 27.6. The van der Waals surface area contributed by atoms with E-state index in [2.05, 4.69) is 15.9 Å². The van der Waals surface area contributed by atoms with Crippen molar-refractivity contribution in [3.63, 3.8) is 0 Å². The third-order valence-corrected chi connectivity index (χ3v) is 6.86. The molecule has 0 spiro atoms. The topological polar surface area (TPSA) is 63.4 Å². The maximum absolute atomic E-state index is 12.7. The Balaban J connectivity index is 2.29. The van der Waals surface area contributed by atoms with Crippen LogP contribution in [-0.2, 0) is 16.6 Å². The number of rotatable bonds is 4. The van der Waals surface area contributed by atoms with E-state index in [4.69, 9.17) is 5.73 Å². The molecule has 2 N–H and O–H groups in total. The highest BCUT2D eigenvalue weighted by atomic mass is 79.9. The first-order valence-electron chi connectivity index (χ1n) is 6.93. The first kappa shape index (κ1) is 15.9. The average molecular weight is 361 g/mol. The van der Waals surface area contributed by atoms with Gasteiger partial charge in [-0.25, -0.2) is 8.42 Å². The van der Waals surface area contributed by atoms with E-state index in [0.29, 0.717) is 15.9 Å². The summed E-state index contributed by atoms with van der Waals surface area (Å²) in [4.78, 5) is 0.322. The lowest BCUT2D eigenvalue weighted by Gasteiger charge is -2.30. The summed E-state index contributed by atoms with van der Waals surface area (Å²) in [5.74, 6) is 0. The number of nitrogens with two attached hydrogens (primary N) is 1. The summed E-state index contributed by atoms with van der Waals surface area (Å²) in [6, 6.07) is 5.31. The van der Waals surface area contributed by atoms with Crippen molar-refractivity contribution >= 4 is 26.0 Å². The van der Waals surface area contributed by atoms with Crippen LogP contribution in [0.25, 0.3) is 0 Å². The Hall–Kier alpha value is -0.430. The van der Waals surface area contributed by atoms with Gasteiger partial charge in [0.25, 0.3) is 0 Å². The lowest BCUT2D eigenvalue weighted by Crippen LogP contribution is -2.38. The molecule has 1 aliphatic rings. The van der Waals surface area contributed by atoms with Gasteiger partial charge in [0.2, 0.25) is 10.0 Å². The Labute approximate surface area is 129 Å². The monoisotopic (exact) mass is 360 g/mol. The third kappa shape index (κ3) is 3.24. The van der Waals surface area contributed by atoms with E-state index < -0.39 is 10.0 Å². The van der Waals surface area contributed by atoms with Crippen LogP contribution < -0.4 is 5.73 Å². The Kier molecular flexibility index (Phi) is 5.23. The van der Waals surface area contributed by atoms with E-state index >= 15 is 0 Å². The molecule has 6 heteroatoms. The van der Waals surface area contributed by atoms with Gasteiger partial charge in [-0.15, -0.1) is 0 Å². The highest BCUT2D eigenvalue weighted by Gasteiger charge is 2.30. The fraction of sp³-hybridized carbons (Fsp3) is 0.571. The van der Waals surface area contributed by atoms with E-state index in [1.807, 2.05) is 0 Å². The minimum absolute atomic E-state index is 0.120. The standard InChI is InChI=1S/C14H21BrN2O2S/c1-17(12-5-3-2-4-6-12)20(18,19)14-8-7-11(10-16)9-13(14)15/h7-9,12H,2-6,10,16H2,1H3. The second-order valence-corrected chi connectivity index (χ2v) is 8.10. The number of hydrogen-bond donors (Lipinski definition) is 1. The van der Waals surface area contributed by atoms with Crippen LogP contribution in [-0.4, -0.2) is 25.8 Å². The maximum atomic E-state index is 12.7. The molecule has 1 fully saturated rings. The number of hydrogen-bond acceptors (Lipinski definition) is 3. The first-order valence-corrected chi connectivity index (χ1v) is 9.16. The summed E-state index contributed by atoms with van der Waals surface area (Å²) in [6.07, 6.45) is 5.33. The van der Waals surface area contributed by atoms with Gasteiger partial charge in [0, 0.05) is 24.1 Å². The maximum Gasteiger partial charge on any atom is 0.244 e. The molecule has 0 amide bonds. The van der Waals surface area contributed by atoms with Crippen LogP contribution in [0.2, 0.25) is 0 Å². The number of sulfonamides is 1. The van der Waals surface area contributed by atoms with Gasteiger partial charge in [0.15, 0.2) is 0 Å². The molecular weight excluding hydrogens is 340 g/mol. The average Bonchev–Trinajstić information content (AvgIpc) is 2.46. The van der Waals surface area contributed by atoms with Crippen LogP contribution in [0.3, 0.4) is 0 Å². The summed E-state index contributed by atoms with van der Waals surface area (Å²) in [6.45, 7) is 0.400. The van der Waals surface area contributed by atoms with Crippen molar-refractivity contribution in [1.29, 1.82) is 0 Å². The molecule has 0 bridgehead atoms. The first-order chi connectivity index (χ1) is 9.46. The van der Waals surface area contributed by atoms with E-state index in [9.17, 15) is 8.42 Å². The number of halogens is 1. The van der Waals surface area contributed by atoms with Crippen LogP contribution in [0.4, 0.5) is 0 Å². The molecule has 1 aromatic carbocycles. The SMILES string of the molecule is CN(C1CCCCC1)S(=O)(=O)c1ccc(CN)cc1Br. The molecule has 4 nitrogen and oxygen atoms in total. The fourth-order valence-electron chi connectivity index (χ4n) is 2.68. The highest BCUT2D eigenvalue weighted by Crippen LogP contribution is 2.30. The molecule has 2 rings (SSSR count). The van der Waals surface area contributed by atoms with Crippen molar-refractivity contribution < 1.29 is 8.42 Å². The molecule has 1 aliphatic carbocycles. The van der Waals surface area contributed by atoms with Gasteiger partial charge in [-0.1, -0.05) is 25.3 Å². The van der Waals surface area contributed by atoms with Gasteiger partial charge in [-0.3, -0.25) is 0 Å². The van der Waals surface area contributed by atoms with Crippen LogP contribution in [0.15, 0.2) is 27.6 Å². The van der Waals surface area contributed by atoms with Crippen LogP contribution in [0.5, 0.6) is 0 Å². The minimum Gasteiger partial charge on any atom is -0.326 e. The van der Waals surface area contributed by atoms with Crippen molar-refractivity contribution in [2.45, 2.75) is 49.6 Å². The van der Waals surface area contributed by atoms with Gasteiger partial charge in [-0.2, -0.15) is 4.31 Å². The Bertz CT molecular complexity index is 569. The molecule has 0 heterocycles. The predicted octanol–water partition coefficient (Wildman–Crippen LogP) is 2.86. The number of benzene rings is 1. The van der Waals surface area contributed by atoms with Crippen molar-refractivity contribution in [3.8, 4) is 0 Å². The molecule has 20 heavy (non-hydrogen) atoms. The van der Waals surface area contributed by atoms with Gasteiger partial charge >= 0.3 is 0 Å². The molecule has 1 saturated carbocycles. The fourth-order valence-corrected chi connectivity index (χ4v) is 5.18. The van der Waals surface area contributed by atoms with E-state index in [-0.39, 0.29) is 6.04 Å². The van der Waals surface area contributed by atoms with Crippen molar-refractivity contribution in [2.75, 3.05) is 7.05 Å². The predicted molar refractivity (Wildman–Crippen MR) is 83.9 cm³/mol. The summed E-state index contributed by atoms with van der Waals surface area (Å²) >= 11 is 3.35. The van der Waals surface area contributed by atoms with Crippen LogP contribution >= 0.6 is 15.9 Å². The minimum atomic E-state index is -3.45. The molecule has 112 valence electrons. The summed E-state index contributed by atoms with van der Waals surface area (Å²) in [7, 11) is -1.76. The normalized spacial score (nSPS) is 17.6. The van der Waals surface area contributed by atoms with E-state index in [1.165, 1.54) is 10.7 Å². The van der Waals surface area contributed by atoms with Gasteiger partial charge < -0.3 is 5.73 Å². The molecule has 0 aromatic heterocycles. The van der Waals surface area contributed by atoms with Gasteiger partial charge in [0.1, 0.15) is 0 Å². The zero-order chi connectivity index (χ0) is 14.8. The number of nitrogens with zero attached hydrogens (tertiary/aromatic N) is 1. The molecule has 0 atom stereocenters. The van der Waals surface area contributed by atoms with Crippen molar-refractivity contribution in [2.24, 2.45) is 5.73 Å². The zero-order valence-corrected chi connectivity index (χ0v) is 14.1. The van der Waals surface area contributed by atoms with Crippen molar-refractivity contribution in [1.82, 2.24) is 4.31 Å². The van der Waals surface area contributed by atoms with E-state index in [1.54, 1.807) is 25.2 Å². The quantitative estimate of drug-likeness (QED) is 0.897. The Morgan fingerprint density at radius 2 is 1.95 bits per heavy atom. The summed E-state index contributed by atoms with van der Waals surface area (Å²) in [5.41, 5.74) is 6.49. The molecular formula is C14H21BrN2O2S.